The van der Waals surface area contributed by atoms with Crippen LogP contribution in [0.15, 0.2) is 47.5 Å². The highest BCUT2D eigenvalue weighted by Crippen LogP contribution is 2.26. The van der Waals surface area contributed by atoms with Gasteiger partial charge in [0.05, 0.1) is 13.7 Å². The molecule has 0 saturated heterocycles. The normalized spacial score (nSPS) is 12.0. The number of aliphatic imine (C=N–C) groups is 1. The zero-order valence-corrected chi connectivity index (χ0v) is 17.8. The van der Waals surface area contributed by atoms with Crippen LogP contribution in [-0.4, -0.2) is 32.8 Å². The first-order valence-electron chi connectivity index (χ1n) is 8.21. The van der Waals surface area contributed by atoms with Crippen LogP contribution in [0.1, 0.15) is 12.5 Å². The second-order valence-corrected chi connectivity index (χ2v) is 5.62. The van der Waals surface area contributed by atoms with Crippen LogP contribution in [-0.2, 0) is 6.54 Å². The van der Waals surface area contributed by atoms with Crippen LogP contribution in [0, 0.1) is 11.6 Å². The van der Waals surface area contributed by atoms with E-state index in [-0.39, 0.29) is 42.2 Å². The largest absolute Gasteiger partial charge is 0.493 e. The van der Waals surface area contributed by atoms with E-state index < -0.39 is 11.6 Å². The van der Waals surface area contributed by atoms with Gasteiger partial charge in [-0.1, -0.05) is 12.1 Å². The van der Waals surface area contributed by atoms with Gasteiger partial charge in [-0.25, -0.2) is 8.78 Å². The Kier molecular flexibility index (Phi) is 9.84. The monoisotopic (exact) mass is 491 g/mol. The molecule has 2 rings (SSSR count). The van der Waals surface area contributed by atoms with Gasteiger partial charge in [0.15, 0.2) is 17.5 Å². The van der Waals surface area contributed by atoms with Crippen molar-refractivity contribution < 1.29 is 18.3 Å². The first-order chi connectivity index (χ1) is 12.5. The zero-order valence-electron chi connectivity index (χ0n) is 15.5. The fraction of sp³-hybridized carbons (Fsp3) is 0.316. The molecule has 148 valence electrons. The lowest BCUT2D eigenvalue weighted by atomic mass is 10.2. The number of benzene rings is 2. The van der Waals surface area contributed by atoms with Gasteiger partial charge in [0, 0.05) is 19.2 Å². The summed E-state index contributed by atoms with van der Waals surface area (Å²) < 4.78 is 38.0. The Labute approximate surface area is 175 Å². The highest BCUT2D eigenvalue weighted by Gasteiger charge is 2.10. The maximum atomic E-state index is 13.7. The molecule has 2 aromatic rings. The lowest BCUT2D eigenvalue weighted by Crippen LogP contribution is -2.41. The van der Waals surface area contributed by atoms with Gasteiger partial charge in [-0.3, -0.25) is 4.99 Å². The summed E-state index contributed by atoms with van der Waals surface area (Å²) in [6, 6.07) is 10.7. The third kappa shape index (κ3) is 7.20. The number of halogens is 3. The topological polar surface area (TPSA) is 54.9 Å². The van der Waals surface area contributed by atoms with Crippen LogP contribution in [0.5, 0.6) is 11.5 Å². The van der Waals surface area contributed by atoms with E-state index >= 15 is 0 Å². The minimum absolute atomic E-state index is 0. The Hall–Kier alpha value is -2.10. The minimum atomic E-state index is -0.482. The Balaban J connectivity index is 0.00000364. The molecule has 5 nitrogen and oxygen atoms in total. The maximum Gasteiger partial charge on any atom is 0.191 e. The lowest BCUT2D eigenvalue weighted by Gasteiger charge is -2.19. The van der Waals surface area contributed by atoms with E-state index in [0.717, 1.165) is 18.2 Å². The first-order valence-corrected chi connectivity index (χ1v) is 8.21. The highest BCUT2D eigenvalue weighted by atomic mass is 127. The van der Waals surface area contributed by atoms with Crippen LogP contribution in [0.4, 0.5) is 8.78 Å². The second kappa shape index (κ2) is 11.6. The standard InChI is InChI=1S/C19H23F2N3O2.HI/c1-13(26-18-7-5-4-6-17(18)25-3)11-23-19(22-2)24-12-14-10-15(20)8-9-16(14)21;/h4-10,13H,11-12H2,1-3H3,(H2,22,23,24);1H. The van der Waals surface area contributed by atoms with Gasteiger partial charge in [-0.05, 0) is 37.3 Å². The Bertz CT molecular complexity index is 759. The molecule has 27 heavy (non-hydrogen) atoms. The van der Waals surface area contributed by atoms with E-state index in [2.05, 4.69) is 15.6 Å². The Morgan fingerprint density at radius 2 is 1.81 bits per heavy atom. The van der Waals surface area contributed by atoms with Gasteiger partial charge in [-0.15, -0.1) is 24.0 Å². The van der Waals surface area contributed by atoms with Crippen LogP contribution in [0.3, 0.4) is 0 Å². The summed E-state index contributed by atoms with van der Waals surface area (Å²) in [6.45, 7) is 2.48. The predicted octanol–water partition coefficient (Wildman–Crippen LogP) is 3.72. The van der Waals surface area contributed by atoms with Gasteiger partial charge >= 0.3 is 0 Å². The average Bonchev–Trinajstić information content (AvgIpc) is 2.65. The van der Waals surface area contributed by atoms with Crippen molar-refractivity contribution >= 4 is 29.9 Å². The molecule has 0 bridgehead atoms. The summed E-state index contributed by atoms with van der Waals surface area (Å²) >= 11 is 0. The molecule has 0 aliphatic carbocycles. The molecule has 0 amide bonds. The third-order valence-corrected chi connectivity index (χ3v) is 3.63. The van der Waals surface area contributed by atoms with Crippen LogP contribution in [0.2, 0.25) is 0 Å². The Morgan fingerprint density at radius 1 is 1.11 bits per heavy atom. The van der Waals surface area contributed by atoms with E-state index in [9.17, 15) is 8.78 Å². The van der Waals surface area contributed by atoms with Crippen molar-refractivity contribution in [1.29, 1.82) is 0 Å². The minimum Gasteiger partial charge on any atom is -0.493 e. The van der Waals surface area contributed by atoms with Crippen molar-refractivity contribution in [3.63, 3.8) is 0 Å². The molecule has 0 radical (unpaired) electrons. The molecule has 8 heteroatoms. The van der Waals surface area contributed by atoms with Gasteiger partial charge < -0.3 is 20.1 Å². The number of nitrogens with zero attached hydrogens (tertiary/aromatic N) is 1. The molecule has 2 N–H and O–H groups in total. The third-order valence-electron chi connectivity index (χ3n) is 3.63. The molecule has 2 aromatic carbocycles. The van der Waals surface area contributed by atoms with Crippen molar-refractivity contribution in [3.8, 4) is 11.5 Å². The summed E-state index contributed by atoms with van der Waals surface area (Å²) in [5.74, 6) is 0.814. The average molecular weight is 491 g/mol. The van der Waals surface area contributed by atoms with Crippen molar-refractivity contribution in [2.24, 2.45) is 4.99 Å². The molecule has 0 saturated carbocycles. The Morgan fingerprint density at radius 3 is 2.48 bits per heavy atom. The first kappa shape index (κ1) is 22.9. The molecule has 0 aliphatic heterocycles. The number of para-hydroxylation sites is 2. The number of rotatable bonds is 7. The second-order valence-electron chi connectivity index (χ2n) is 5.62. The van der Waals surface area contributed by atoms with Crippen LogP contribution in [0.25, 0.3) is 0 Å². The lowest BCUT2D eigenvalue weighted by molar-refractivity contribution is 0.213. The molecule has 0 heterocycles. The van der Waals surface area contributed by atoms with Crippen LogP contribution >= 0.6 is 24.0 Å². The van der Waals surface area contributed by atoms with Crippen molar-refractivity contribution in [3.05, 3.63) is 59.7 Å². The number of guanidine groups is 1. The summed E-state index contributed by atoms with van der Waals surface area (Å²) in [6.07, 6.45) is -0.171. The number of hydrogen-bond donors (Lipinski definition) is 2. The van der Waals surface area contributed by atoms with Crippen molar-refractivity contribution in [2.75, 3.05) is 20.7 Å². The van der Waals surface area contributed by atoms with E-state index in [1.807, 2.05) is 31.2 Å². The summed E-state index contributed by atoms with van der Waals surface area (Å²) in [7, 11) is 3.19. The summed E-state index contributed by atoms with van der Waals surface area (Å²) in [5, 5.41) is 6.04. The van der Waals surface area contributed by atoms with Gasteiger partial charge in [0.2, 0.25) is 0 Å². The maximum absolute atomic E-state index is 13.7. The molecule has 1 unspecified atom stereocenters. The molecule has 0 aliphatic rings. The molecular weight excluding hydrogens is 467 g/mol. The predicted molar refractivity (Wildman–Crippen MR) is 113 cm³/mol. The number of methoxy groups -OCH3 is 1. The van der Waals surface area contributed by atoms with Gasteiger partial charge in [0.25, 0.3) is 0 Å². The quantitative estimate of drug-likeness (QED) is 0.352. The smallest absolute Gasteiger partial charge is 0.191 e. The SMILES string of the molecule is CN=C(NCc1cc(F)ccc1F)NCC(C)Oc1ccccc1OC.I. The number of hydrogen-bond acceptors (Lipinski definition) is 3. The van der Waals surface area contributed by atoms with Gasteiger partial charge in [-0.2, -0.15) is 0 Å². The fourth-order valence-electron chi connectivity index (χ4n) is 2.29. The molecule has 0 aromatic heterocycles. The number of ether oxygens (including phenoxy) is 2. The van der Waals surface area contributed by atoms with Crippen LogP contribution < -0.4 is 20.1 Å². The van der Waals surface area contributed by atoms with E-state index in [1.165, 1.54) is 0 Å². The van der Waals surface area contributed by atoms with E-state index in [0.29, 0.717) is 24.0 Å². The zero-order chi connectivity index (χ0) is 18.9. The van der Waals surface area contributed by atoms with E-state index in [1.54, 1.807) is 14.2 Å². The van der Waals surface area contributed by atoms with Crippen molar-refractivity contribution in [2.45, 2.75) is 19.6 Å². The summed E-state index contributed by atoms with van der Waals surface area (Å²) in [4.78, 5) is 4.07. The molecule has 1 atom stereocenters. The van der Waals surface area contributed by atoms with Gasteiger partial charge in [0.1, 0.15) is 17.7 Å². The molecule has 0 fully saturated rings. The highest BCUT2D eigenvalue weighted by molar-refractivity contribution is 14.0. The fourth-order valence-corrected chi connectivity index (χ4v) is 2.29. The molecule has 0 spiro atoms. The molecular formula is C19H24F2IN3O2. The van der Waals surface area contributed by atoms with Crippen molar-refractivity contribution in [1.82, 2.24) is 10.6 Å². The van der Waals surface area contributed by atoms with E-state index in [4.69, 9.17) is 9.47 Å². The number of nitrogens with one attached hydrogen (secondary N) is 2. The summed E-state index contributed by atoms with van der Waals surface area (Å²) in [5.41, 5.74) is 0.228.